The first-order chi connectivity index (χ1) is 17.2. The number of para-hydroxylation sites is 2. The third-order valence-corrected chi connectivity index (χ3v) is 6.92. The molecule has 4 heterocycles. The van der Waals surface area contributed by atoms with Gasteiger partial charge >= 0.3 is 0 Å². The molecule has 0 saturated carbocycles. The molecule has 184 valence electrons. The second-order valence-electron chi connectivity index (χ2n) is 9.14. The lowest BCUT2D eigenvalue weighted by molar-refractivity contribution is -0.138. The van der Waals surface area contributed by atoms with Crippen molar-refractivity contribution in [3.63, 3.8) is 0 Å². The fourth-order valence-corrected chi connectivity index (χ4v) is 5.07. The van der Waals surface area contributed by atoms with E-state index in [0.717, 1.165) is 41.9 Å². The smallest absolute Gasteiger partial charge is 0.242 e. The minimum Gasteiger partial charge on any atom is -0.379 e. The normalized spacial score (nSPS) is 19.7. The van der Waals surface area contributed by atoms with Crippen LogP contribution in [0.2, 0.25) is 0 Å². The number of likely N-dealkylation sites (tertiary alicyclic amines) is 1. The number of nitrogens with one attached hydrogen (secondary N) is 2. The number of carbonyl (C=O) groups is 2. The van der Waals surface area contributed by atoms with Crippen LogP contribution < -0.4 is 5.32 Å². The fourth-order valence-electron chi connectivity index (χ4n) is 5.07. The van der Waals surface area contributed by atoms with Crippen molar-refractivity contribution in [2.45, 2.75) is 37.8 Å². The van der Waals surface area contributed by atoms with Gasteiger partial charge in [0.1, 0.15) is 11.9 Å². The van der Waals surface area contributed by atoms with E-state index in [9.17, 15) is 9.59 Å². The molecule has 2 amide bonds. The topological polar surface area (TPSA) is 103 Å². The monoisotopic (exact) mass is 476 g/mol. The van der Waals surface area contributed by atoms with Crippen LogP contribution in [0.15, 0.2) is 48.8 Å². The van der Waals surface area contributed by atoms with Crippen LogP contribution >= 0.6 is 0 Å². The van der Waals surface area contributed by atoms with Gasteiger partial charge < -0.3 is 19.9 Å². The molecule has 1 aromatic carbocycles. The van der Waals surface area contributed by atoms with Crippen LogP contribution in [0.3, 0.4) is 0 Å². The van der Waals surface area contributed by atoms with Gasteiger partial charge in [0, 0.05) is 51.4 Å². The number of imidazole rings is 1. The Bertz CT molecular complexity index is 1110. The van der Waals surface area contributed by atoms with Crippen molar-refractivity contribution < 1.29 is 14.3 Å². The van der Waals surface area contributed by atoms with Gasteiger partial charge in [-0.15, -0.1) is 0 Å². The molecule has 0 aliphatic carbocycles. The summed E-state index contributed by atoms with van der Waals surface area (Å²) in [5.74, 6) is 0.714. The minimum absolute atomic E-state index is 0.0000878. The van der Waals surface area contributed by atoms with Crippen molar-refractivity contribution in [3.05, 3.63) is 60.2 Å². The van der Waals surface area contributed by atoms with Gasteiger partial charge in [0.25, 0.3) is 0 Å². The molecule has 2 aromatic heterocycles. The quantitative estimate of drug-likeness (QED) is 0.516. The van der Waals surface area contributed by atoms with Crippen LogP contribution in [0.1, 0.15) is 36.7 Å². The van der Waals surface area contributed by atoms with Crippen molar-refractivity contribution >= 4 is 22.8 Å². The third-order valence-electron chi connectivity index (χ3n) is 6.92. The molecule has 2 aliphatic rings. The van der Waals surface area contributed by atoms with Gasteiger partial charge in [-0.1, -0.05) is 18.2 Å². The van der Waals surface area contributed by atoms with Gasteiger partial charge in [-0.3, -0.25) is 19.5 Å². The number of aryl methyl sites for hydroxylation is 1. The Morgan fingerprint density at radius 1 is 1.14 bits per heavy atom. The minimum atomic E-state index is -0.419. The number of fused-ring (bicyclic) bond motifs is 1. The molecule has 3 aromatic rings. The Kier molecular flexibility index (Phi) is 7.34. The highest BCUT2D eigenvalue weighted by Gasteiger charge is 2.34. The molecule has 1 unspecified atom stereocenters. The summed E-state index contributed by atoms with van der Waals surface area (Å²) < 4.78 is 5.51. The van der Waals surface area contributed by atoms with E-state index in [1.54, 1.807) is 11.1 Å². The predicted octanol–water partition coefficient (Wildman–Crippen LogP) is 2.07. The summed E-state index contributed by atoms with van der Waals surface area (Å²) in [7, 11) is 0. The van der Waals surface area contributed by atoms with E-state index in [1.165, 1.54) is 0 Å². The van der Waals surface area contributed by atoms with Crippen molar-refractivity contribution in [2.75, 3.05) is 39.4 Å². The number of benzene rings is 1. The summed E-state index contributed by atoms with van der Waals surface area (Å²) in [5.41, 5.74) is 2.94. The molecule has 2 saturated heterocycles. The zero-order valence-electron chi connectivity index (χ0n) is 19.9. The molecule has 0 radical (unpaired) electrons. The van der Waals surface area contributed by atoms with Crippen LogP contribution in [-0.2, 0) is 20.7 Å². The number of H-pyrrole nitrogens is 1. The number of nitrogens with zero attached hydrogens (tertiary/aromatic N) is 4. The maximum Gasteiger partial charge on any atom is 0.242 e. The third kappa shape index (κ3) is 5.52. The number of carbonyl (C=O) groups excluding carboxylic acids is 2. The van der Waals surface area contributed by atoms with Crippen LogP contribution in [-0.4, -0.2) is 82.0 Å². The van der Waals surface area contributed by atoms with Crippen molar-refractivity contribution in [1.29, 1.82) is 0 Å². The predicted molar refractivity (Wildman–Crippen MR) is 132 cm³/mol. The van der Waals surface area contributed by atoms with E-state index < -0.39 is 6.04 Å². The second kappa shape index (κ2) is 11.0. The maximum atomic E-state index is 13.2. The first-order valence-corrected chi connectivity index (χ1v) is 12.4. The largest absolute Gasteiger partial charge is 0.379 e. The summed E-state index contributed by atoms with van der Waals surface area (Å²) in [6.07, 6.45) is 6.00. The molecular weight excluding hydrogens is 444 g/mol. The lowest BCUT2D eigenvalue weighted by Crippen LogP contribution is -2.49. The lowest BCUT2D eigenvalue weighted by atomic mass is 10.1. The Morgan fingerprint density at radius 3 is 2.80 bits per heavy atom. The highest BCUT2D eigenvalue weighted by atomic mass is 16.5. The highest BCUT2D eigenvalue weighted by Crippen LogP contribution is 2.23. The SMILES string of the molecule is O=C(NCC(c1cccnc1)N1CCOCC1)[C@@H]1CCCN1C(=O)CCc1nc2ccccc2[nH]1. The average Bonchev–Trinajstić information content (AvgIpc) is 3.56. The lowest BCUT2D eigenvalue weighted by Gasteiger charge is -2.35. The van der Waals surface area contributed by atoms with E-state index >= 15 is 0 Å². The summed E-state index contributed by atoms with van der Waals surface area (Å²) in [4.78, 5) is 42.4. The molecule has 9 heteroatoms. The van der Waals surface area contributed by atoms with Crippen molar-refractivity contribution in [1.82, 2.24) is 30.1 Å². The first-order valence-electron chi connectivity index (χ1n) is 12.4. The summed E-state index contributed by atoms with van der Waals surface area (Å²) in [6, 6.07) is 11.4. The van der Waals surface area contributed by atoms with Gasteiger partial charge in [-0.2, -0.15) is 0 Å². The number of morpholine rings is 1. The van der Waals surface area contributed by atoms with Crippen molar-refractivity contribution in [3.8, 4) is 0 Å². The molecule has 35 heavy (non-hydrogen) atoms. The number of aromatic amines is 1. The van der Waals surface area contributed by atoms with Gasteiger partial charge in [0.2, 0.25) is 11.8 Å². The van der Waals surface area contributed by atoms with Gasteiger partial charge in [0.05, 0.1) is 30.3 Å². The van der Waals surface area contributed by atoms with E-state index in [2.05, 4.69) is 25.2 Å². The number of aromatic nitrogens is 3. The van der Waals surface area contributed by atoms with Gasteiger partial charge in [0.15, 0.2) is 0 Å². The first kappa shape index (κ1) is 23.4. The fraction of sp³-hybridized carbons (Fsp3) is 0.462. The molecule has 2 atom stereocenters. The molecule has 2 fully saturated rings. The standard InChI is InChI=1S/C26H32N6O3/c33-25(10-9-24-29-20-6-1-2-7-21(20)30-24)32-12-4-8-22(32)26(34)28-18-23(19-5-3-11-27-17-19)31-13-15-35-16-14-31/h1-3,5-7,11,17,22-23H,4,8-10,12-16,18H2,(H,28,34)(H,29,30)/t22-,23?/m0/s1. The van der Waals surface area contributed by atoms with Crippen LogP contribution in [0, 0.1) is 0 Å². The number of hydrogen-bond donors (Lipinski definition) is 2. The Labute approximate surface area is 204 Å². The number of hydrogen-bond acceptors (Lipinski definition) is 6. The van der Waals surface area contributed by atoms with Crippen LogP contribution in [0.4, 0.5) is 0 Å². The zero-order valence-corrected chi connectivity index (χ0v) is 19.9. The summed E-state index contributed by atoms with van der Waals surface area (Å²) in [6.45, 7) is 4.08. The van der Waals surface area contributed by atoms with E-state index in [4.69, 9.17) is 4.74 Å². The Morgan fingerprint density at radius 2 is 2.00 bits per heavy atom. The molecule has 0 bridgehead atoms. The average molecular weight is 477 g/mol. The molecule has 5 rings (SSSR count). The second-order valence-corrected chi connectivity index (χ2v) is 9.14. The molecule has 0 spiro atoms. The maximum absolute atomic E-state index is 13.2. The number of rotatable bonds is 8. The number of amides is 2. The van der Waals surface area contributed by atoms with E-state index in [-0.39, 0.29) is 17.9 Å². The van der Waals surface area contributed by atoms with E-state index in [1.807, 2.05) is 42.6 Å². The Balaban J connectivity index is 1.19. The van der Waals surface area contributed by atoms with Gasteiger partial charge in [-0.05, 0) is 36.6 Å². The van der Waals surface area contributed by atoms with E-state index in [0.29, 0.717) is 45.6 Å². The number of ether oxygens (including phenoxy) is 1. The molecule has 2 aliphatic heterocycles. The molecule has 9 nitrogen and oxygen atoms in total. The van der Waals surface area contributed by atoms with Crippen LogP contribution in [0.5, 0.6) is 0 Å². The summed E-state index contributed by atoms with van der Waals surface area (Å²) >= 11 is 0. The summed E-state index contributed by atoms with van der Waals surface area (Å²) in [5, 5.41) is 3.14. The zero-order chi connectivity index (χ0) is 24.0. The molecular formula is C26H32N6O3. The van der Waals surface area contributed by atoms with Gasteiger partial charge in [-0.25, -0.2) is 4.98 Å². The van der Waals surface area contributed by atoms with Crippen molar-refractivity contribution in [2.24, 2.45) is 0 Å². The number of pyridine rings is 1. The highest BCUT2D eigenvalue weighted by molar-refractivity contribution is 5.88. The Hall–Kier alpha value is -3.30. The molecule has 2 N–H and O–H groups in total. The van der Waals surface area contributed by atoms with Crippen LogP contribution in [0.25, 0.3) is 11.0 Å².